The summed E-state index contributed by atoms with van der Waals surface area (Å²) in [5.74, 6) is 0.169. The molecule has 0 heterocycles. The Kier molecular flexibility index (Phi) is 4.51. The number of halogens is 1. The number of hydrogen-bond acceptors (Lipinski definition) is 0. The molecule has 0 N–H and O–H groups in total. The maximum absolute atomic E-state index is 12.5. The molecule has 62 valence electrons. The van der Waals surface area contributed by atoms with E-state index in [9.17, 15) is 4.39 Å². The Hall–Kier alpha value is -0.850. The standard InChI is InChI=1S/C10H15F/c1-5-10(11)7-6-9(4)8(2)3/h5-8H,4H2,1-3H3/b7-6-,10-5+. The monoisotopic (exact) mass is 154 g/mol. The minimum Gasteiger partial charge on any atom is -0.207 e. The van der Waals surface area contributed by atoms with Crippen molar-refractivity contribution in [2.75, 3.05) is 0 Å². The third-order valence-corrected chi connectivity index (χ3v) is 1.47. The third-order valence-electron chi connectivity index (χ3n) is 1.47. The van der Waals surface area contributed by atoms with Crippen molar-refractivity contribution >= 4 is 0 Å². The summed E-state index contributed by atoms with van der Waals surface area (Å²) in [6.45, 7) is 9.50. The van der Waals surface area contributed by atoms with Gasteiger partial charge in [0.15, 0.2) is 0 Å². The molecule has 0 amide bonds. The Balaban J connectivity index is 4.04. The molecule has 0 saturated heterocycles. The summed E-state index contributed by atoms with van der Waals surface area (Å²) < 4.78 is 12.5. The Bertz CT molecular complexity index is 185. The van der Waals surface area contributed by atoms with Crippen LogP contribution in [0.4, 0.5) is 4.39 Å². The van der Waals surface area contributed by atoms with Crippen molar-refractivity contribution in [1.82, 2.24) is 0 Å². The van der Waals surface area contributed by atoms with Crippen LogP contribution in [0.15, 0.2) is 36.2 Å². The molecule has 0 aromatic carbocycles. The van der Waals surface area contributed by atoms with Gasteiger partial charge < -0.3 is 0 Å². The molecular formula is C10H15F. The molecule has 0 nitrogen and oxygen atoms in total. The lowest BCUT2D eigenvalue weighted by molar-refractivity contribution is 0.664. The van der Waals surface area contributed by atoms with Gasteiger partial charge in [0, 0.05) is 0 Å². The highest BCUT2D eigenvalue weighted by atomic mass is 19.1. The minimum absolute atomic E-state index is 0.216. The van der Waals surface area contributed by atoms with E-state index in [1.54, 1.807) is 13.0 Å². The molecule has 1 heteroatoms. The predicted molar refractivity (Wildman–Crippen MR) is 48.0 cm³/mol. The Morgan fingerprint density at radius 1 is 1.36 bits per heavy atom. The molecule has 0 atom stereocenters. The first-order valence-corrected chi connectivity index (χ1v) is 3.76. The molecule has 0 rings (SSSR count). The summed E-state index contributed by atoms with van der Waals surface area (Å²) in [4.78, 5) is 0. The second kappa shape index (κ2) is 4.89. The molecular weight excluding hydrogens is 139 g/mol. The molecule has 0 bridgehead atoms. The van der Waals surface area contributed by atoms with Gasteiger partial charge in [0.25, 0.3) is 0 Å². The summed E-state index contributed by atoms with van der Waals surface area (Å²) in [7, 11) is 0. The van der Waals surface area contributed by atoms with E-state index >= 15 is 0 Å². The molecule has 0 aliphatic carbocycles. The maximum atomic E-state index is 12.5. The minimum atomic E-state index is -0.216. The summed E-state index contributed by atoms with van der Waals surface area (Å²) in [6, 6.07) is 0. The van der Waals surface area contributed by atoms with E-state index in [1.165, 1.54) is 12.2 Å². The SMILES string of the molecule is C=C(/C=C\C(F)=C/C)C(C)C. The van der Waals surface area contributed by atoms with Gasteiger partial charge in [0.1, 0.15) is 5.83 Å². The lowest BCUT2D eigenvalue weighted by Crippen LogP contribution is -1.86. The number of rotatable bonds is 3. The van der Waals surface area contributed by atoms with Gasteiger partial charge >= 0.3 is 0 Å². The van der Waals surface area contributed by atoms with Gasteiger partial charge in [-0.3, -0.25) is 0 Å². The van der Waals surface area contributed by atoms with E-state index in [4.69, 9.17) is 0 Å². The van der Waals surface area contributed by atoms with Crippen LogP contribution in [0.1, 0.15) is 20.8 Å². The summed E-state index contributed by atoms with van der Waals surface area (Å²) in [5.41, 5.74) is 0.946. The molecule has 0 saturated carbocycles. The maximum Gasteiger partial charge on any atom is 0.118 e. The summed E-state index contributed by atoms with van der Waals surface area (Å²) in [6.07, 6.45) is 4.56. The van der Waals surface area contributed by atoms with Crippen LogP contribution >= 0.6 is 0 Å². The summed E-state index contributed by atoms with van der Waals surface area (Å²) >= 11 is 0. The first-order chi connectivity index (χ1) is 5.07. The van der Waals surface area contributed by atoms with Gasteiger partial charge in [0.05, 0.1) is 0 Å². The van der Waals surface area contributed by atoms with Crippen LogP contribution in [0.5, 0.6) is 0 Å². The van der Waals surface area contributed by atoms with Crippen molar-refractivity contribution in [3.8, 4) is 0 Å². The number of hydrogen-bond donors (Lipinski definition) is 0. The highest BCUT2D eigenvalue weighted by molar-refractivity contribution is 5.23. The van der Waals surface area contributed by atoms with Crippen LogP contribution in [0.2, 0.25) is 0 Å². The van der Waals surface area contributed by atoms with Crippen molar-refractivity contribution in [1.29, 1.82) is 0 Å². The summed E-state index contributed by atoms with van der Waals surface area (Å²) in [5, 5.41) is 0. The van der Waals surface area contributed by atoms with Gasteiger partial charge in [0.2, 0.25) is 0 Å². The molecule has 0 spiro atoms. The van der Waals surface area contributed by atoms with E-state index in [0.29, 0.717) is 5.92 Å². The molecule has 11 heavy (non-hydrogen) atoms. The Morgan fingerprint density at radius 3 is 2.27 bits per heavy atom. The van der Waals surface area contributed by atoms with Crippen LogP contribution in [0.25, 0.3) is 0 Å². The van der Waals surface area contributed by atoms with E-state index in [2.05, 4.69) is 6.58 Å². The third kappa shape index (κ3) is 4.54. The fourth-order valence-corrected chi connectivity index (χ4v) is 0.475. The zero-order chi connectivity index (χ0) is 8.85. The smallest absolute Gasteiger partial charge is 0.118 e. The second-order valence-electron chi connectivity index (χ2n) is 2.74. The van der Waals surface area contributed by atoms with Crippen LogP contribution in [-0.4, -0.2) is 0 Å². The largest absolute Gasteiger partial charge is 0.207 e. The topological polar surface area (TPSA) is 0 Å². The molecule has 0 aromatic heterocycles. The lowest BCUT2D eigenvalue weighted by atomic mass is 10.1. The fraction of sp³-hybridized carbons (Fsp3) is 0.400. The van der Waals surface area contributed by atoms with Crippen molar-refractivity contribution in [3.63, 3.8) is 0 Å². The molecule has 0 aliphatic heterocycles. The van der Waals surface area contributed by atoms with E-state index in [-0.39, 0.29) is 5.83 Å². The van der Waals surface area contributed by atoms with E-state index in [0.717, 1.165) is 5.57 Å². The molecule has 0 fully saturated rings. The van der Waals surface area contributed by atoms with Gasteiger partial charge in [-0.05, 0) is 18.9 Å². The molecule has 0 aliphatic rings. The van der Waals surface area contributed by atoms with Crippen molar-refractivity contribution in [3.05, 3.63) is 36.2 Å². The zero-order valence-electron chi connectivity index (χ0n) is 7.39. The quantitative estimate of drug-likeness (QED) is 0.544. The average Bonchev–Trinajstić information content (AvgIpc) is 1.99. The highest BCUT2D eigenvalue weighted by Crippen LogP contribution is 2.09. The zero-order valence-corrected chi connectivity index (χ0v) is 7.39. The normalized spacial score (nSPS) is 13.0. The van der Waals surface area contributed by atoms with Crippen LogP contribution < -0.4 is 0 Å². The first-order valence-electron chi connectivity index (χ1n) is 3.76. The van der Waals surface area contributed by atoms with E-state index in [1.807, 2.05) is 13.8 Å². The number of allylic oxidation sites excluding steroid dienone is 5. The first kappa shape index (κ1) is 10.2. The molecule has 0 radical (unpaired) electrons. The van der Waals surface area contributed by atoms with Crippen LogP contribution in [-0.2, 0) is 0 Å². The van der Waals surface area contributed by atoms with Crippen LogP contribution in [0, 0.1) is 5.92 Å². The van der Waals surface area contributed by atoms with Gasteiger partial charge in [-0.25, -0.2) is 4.39 Å². The van der Waals surface area contributed by atoms with Gasteiger partial charge in [-0.2, -0.15) is 0 Å². The van der Waals surface area contributed by atoms with Gasteiger partial charge in [-0.15, -0.1) is 0 Å². The predicted octanol–water partition coefficient (Wildman–Crippen LogP) is 3.63. The average molecular weight is 154 g/mol. The Morgan fingerprint density at radius 2 is 1.91 bits per heavy atom. The van der Waals surface area contributed by atoms with Crippen molar-refractivity contribution in [2.24, 2.45) is 5.92 Å². The Labute approximate surface area is 68.1 Å². The lowest BCUT2D eigenvalue weighted by Gasteiger charge is -2.01. The van der Waals surface area contributed by atoms with Crippen molar-refractivity contribution < 1.29 is 4.39 Å². The second-order valence-corrected chi connectivity index (χ2v) is 2.74. The van der Waals surface area contributed by atoms with E-state index < -0.39 is 0 Å². The fourth-order valence-electron chi connectivity index (χ4n) is 0.475. The molecule has 0 aromatic rings. The van der Waals surface area contributed by atoms with Crippen molar-refractivity contribution in [2.45, 2.75) is 20.8 Å². The van der Waals surface area contributed by atoms with Crippen LogP contribution in [0.3, 0.4) is 0 Å². The van der Waals surface area contributed by atoms with Gasteiger partial charge in [-0.1, -0.05) is 38.2 Å². The highest BCUT2D eigenvalue weighted by Gasteiger charge is 1.94. The molecule has 0 unspecified atom stereocenters.